The summed E-state index contributed by atoms with van der Waals surface area (Å²) in [5.74, 6) is 0. The first kappa shape index (κ1) is 19.5. The number of fused-ring (bicyclic) bond motifs is 3. The van der Waals surface area contributed by atoms with Gasteiger partial charge in [-0.2, -0.15) is 0 Å². The molecule has 5 rings (SSSR count). The number of aryl methyl sites for hydroxylation is 2. The molecule has 0 amide bonds. The summed E-state index contributed by atoms with van der Waals surface area (Å²) in [4.78, 5) is 0. The Kier molecular flexibility index (Phi) is 5.28. The van der Waals surface area contributed by atoms with Crippen molar-refractivity contribution in [1.29, 1.82) is 0 Å². The lowest BCUT2D eigenvalue weighted by molar-refractivity contribution is 1.48. The number of thiophene rings is 1. The fraction of sp³-hybridized carbons (Fsp3) is 0.0667. The molecule has 5 aromatic rings. The van der Waals surface area contributed by atoms with E-state index in [1.807, 2.05) is 11.3 Å². The van der Waals surface area contributed by atoms with Gasteiger partial charge in [-0.3, -0.25) is 0 Å². The van der Waals surface area contributed by atoms with E-state index in [9.17, 15) is 0 Å². The largest absolute Gasteiger partial charge is 0.135 e. The van der Waals surface area contributed by atoms with E-state index < -0.39 is 0 Å². The van der Waals surface area contributed by atoms with E-state index >= 15 is 0 Å². The topological polar surface area (TPSA) is 0 Å². The van der Waals surface area contributed by atoms with Crippen LogP contribution in [0.25, 0.3) is 44.5 Å². The van der Waals surface area contributed by atoms with E-state index in [0.717, 1.165) is 0 Å². The predicted molar refractivity (Wildman–Crippen MR) is 140 cm³/mol. The molecule has 150 valence electrons. The van der Waals surface area contributed by atoms with Crippen molar-refractivity contribution in [3.8, 4) is 0 Å². The minimum Gasteiger partial charge on any atom is -0.135 e. The van der Waals surface area contributed by atoms with Gasteiger partial charge >= 0.3 is 0 Å². The smallest absolute Gasteiger partial charge is 0.0358 e. The molecule has 31 heavy (non-hydrogen) atoms. The molecule has 0 saturated carbocycles. The first-order chi connectivity index (χ1) is 15.2. The fourth-order valence-electron chi connectivity index (χ4n) is 3.96. The molecule has 0 aliphatic heterocycles. The summed E-state index contributed by atoms with van der Waals surface area (Å²) in [7, 11) is 0. The van der Waals surface area contributed by atoms with Gasteiger partial charge in [0.1, 0.15) is 0 Å². The molecule has 0 unspecified atom stereocenters. The lowest BCUT2D eigenvalue weighted by Gasteiger charge is -2.04. The predicted octanol–water partition coefficient (Wildman–Crippen LogP) is 9.01. The summed E-state index contributed by atoms with van der Waals surface area (Å²) in [6.07, 6.45) is 8.86. The van der Waals surface area contributed by atoms with Crippen molar-refractivity contribution in [1.82, 2.24) is 0 Å². The molecule has 0 fully saturated rings. The SMILES string of the molecule is Cc1cc2sc3cc(C)c(C=Cc4ccccc4)cc3c2cc1C=Cc1ccccc1. The summed E-state index contributed by atoms with van der Waals surface area (Å²) in [6, 6.07) is 30.3. The van der Waals surface area contributed by atoms with Gasteiger partial charge in [-0.25, -0.2) is 0 Å². The molecule has 0 atom stereocenters. The van der Waals surface area contributed by atoms with E-state index in [-0.39, 0.29) is 0 Å². The quantitative estimate of drug-likeness (QED) is 0.256. The van der Waals surface area contributed by atoms with E-state index in [0.29, 0.717) is 0 Å². The molecule has 0 aliphatic rings. The van der Waals surface area contributed by atoms with Crippen LogP contribution in [0.2, 0.25) is 0 Å². The van der Waals surface area contributed by atoms with Gasteiger partial charge in [0.25, 0.3) is 0 Å². The monoisotopic (exact) mass is 416 g/mol. The lowest BCUT2D eigenvalue weighted by atomic mass is 10.00. The normalized spacial score (nSPS) is 11.9. The zero-order valence-electron chi connectivity index (χ0n) is 17.8. The zero-order chi connectivity index (χ0) is 21.2. The van der Waals surface area contributed by atoms with E-state index in [1.54, 1.807) is 0 Å². The number of hydrogen-bond acceptors (Lipinski definition) is 1. The van der Waals surface area contributed by atoms with Crippen LogP contribution in [-0.2, 0) is 0 Å². The molecule has 4 aromatic carbocycles. The zero-order valence-corrected chi connectivity index (χ0v) is 18.6. The van der Waals surface area contributed by atoms with E-state index in [2.05, 4.69) is 123 Å². The van der Waals surface area contributed by atoms with Crippen molar-refractivity contribution in [2.75, 3.05) is 0 Å². The standard InChI is InChI=1S/C30H24S/c1-21-17-29-27(19-25(21)15-13-23-9-5-3-6-10-23)28-20-26(22(2)18-30(28)31-29)16-14-24-11-7-4-8-12-24/h3-20H,1-2H3. The third kappa shape index (κ3) is 4.10. The summed E-state index contributed by atoms with van der Waals surface area (Å²) < 4.78 is 2.71. The summed E-state index contributed by atoms with van der Waals surface area (Å²) in [5.41, 5.74) is 7.62. The molecule has 0 spiro atoms. The van der Waals surface area contributed by atoms with Gasteiger partial charge in [0.05, 0.1) is 0 Å². The highest BCUT2D eigenvalue weighted by Crippen LogP contribution is 2.37. The number of rotatable bonds is 4. The van der Waals surface area contributed by atoms with E-state index in [1.165, 1.54) is 53.6 Å². The third-order valence-corrected chi connectivity index (χ3v) is 6.87. The molecule has 0 radical (unpaired) electrons. The molecular formula is C30H24S. The Balaban J connectivity index is 1.58. The summed E-state index contributed by atoms with van der Waals surface area (Å²) in [5, 5.41) is 2.68. The average molecular weight is 417 g/mol. The van der Waals surface area contributed by atoms with Crippen LogP contribution in [0.3, 0.4) is 0 Å². The van der Waals surface area contributed by atoms with Crippen LogP contribution in [-0.4, -0.2) is 0 Å². The van der Waals surface area contributed by atoms with Crippen LogP contribution in [0, 0.1) is 13.8 Å². The van der Waals surface area contributed by atoms with Gasteiger partial charge in [-0.15, -0.1) is 11.3 Å². The Hall–Kier alpha value is -3.42. The number of hydrogen-bond donors (Lipinski definition) is 0. The fourth-order valence-corrected chi connectivity index (χ4v) is 5.23. The highest BCUT2D eigenvalue weighted by Gasteiger charge is 2.09. The second-order valence-electron chi connectivity index (χ2n) is 8.00. The van der Waals surface area contributed by atoms with Gasteiger partial charge in [0.2, 0.25) is 0 Å². The maximum atomic E-state index is 2.35. The lowest BCUT2D eigenvalue weighted by Crippen LogP contribution is -1.82. The van der Waals surface area contributed by atoms with Crippen molar-refractivity contribution in [2.45, 2.75) is 13.8 Å². The first-order valence-corrected chi connectivity index (χ1v) is 11.4. The van der Waals surface area contributed by atoms with Gasteiger partial charge in [-0.1, -0.05) is 85.0 Å². The van der Waals surface area contributed by atoms with Crippen molar-refractivity contribution >= 4 is 55.8 Å². The van der Waals surface area contributed by atoms with Crippen LogP contribution in [0.1, 0.15) is 33.4 Å². The van der Waals surface area contributed by atoms with Crippen LogP contribution < -0.4 is 0 Å². The molecule has 1 heteroatoms. The molecule has 0 N–H and O–H groups in total. The van der Waals surface area contributed by atoms with Gasteiger partial charge in [-0.05, 0) is 71.5 Å². The maximum absolute atomic E-state index is 2.35. The Labute approximate surface area is 187 Å². The average Bonchev–Trinajstić information content (AvgIpc) is 3.13. The van der Waals surface area contributed by atoms with E-state index in [4.69, 9.17) is 0 Å². The Morgan fingerprint density at radius 2 is 0.935 bits per heavy atom. The van der Waals surface area contributed by atoms with Crippen LogP contribution in [0.4, 0.5) is 0 Å². The second kappa shape index (κ2) is 8.37. The van der Waals surface area contributed by atoms with Crippen LogP contribution >= 0.6 is 11.3 Å². The highest BCUT2D eigenvalue weighted by molar-refractivity contribution is 7.25. The molecule has 0 saturated heterocycles. The van der Waals surface area contributed by atoms with Crippen LogP contribution in [0.15, 0.2) is 84.9 Å². The highest BCUT2D eigenvalue weighted by atomic mass is 32.1. The first-order valence-electron chi connectivity index (χ1n) is 10.6. The Morgan fingerprint density at radius 1 is 0.516 bits per heavy atom. The summed E-state index contributed by atoms with van der Waals surface area (Å²) >= 11 is 1.89. The number of benzene rings is 4. The second-order valence-corrected chi connectivity index (χ2v) is 9.08. The Bertz CT molecular complexity index is 1310. The molecule has 1 heterocycles. The minimum absolute atomic E-state index is 1.22. The van der Waals surface area contributed by atoms with Gasteiger partial charge in [0, 0.05) is 20.2 Å². The van der Waals surface area contributed by atoms with Crippen molar-refractivity contribution in [3.63, 3.8) is 0 Å². The third-order valence-electron chi connectivity index (χ3n) is 5.76. The minimum atomic E-state index is 1.22. The van der Waals surface area contributed by atoms with Crippen LogP contribution in [0.5, 0.6) is 0 Å². The molecule has 0 nitrogen and oxygen atoms in total. The molecular weight excluding hydrogens is 392 g/mol. The summed E-state index contributed by atoms with van der Waals surface area (Å²) in [6.45, 7) is 4.40. The molecule has 1 aromatic heterocycles. The van der Waals surface area contributed by atoms with Crippen molar-refractivity contribution in [2.24, 2.45) is 0 Å². The maximum Gasteiger partial charge on any atom is 0.0358 e. The molecule has 0 aliphatic carbocycles. The van der Waals surface area contributed by atoms with Gasteiger partial charge in [0.15, 0.2) is 0 Å². The Morgan fingerprint density at radius 3 is 1.35 bits per heavy atom. The molecule has 0 bridgehead atoms. The van der Waals surface area contributed by atoms with Gasteiger partial charge < -0.3 is 0 Å². The van der Waals surface area contributed by atoms with Crippen molar-refractivity contribution < 1.29 is 0 Å². The van der Waals surface area contributed by atoms with Crippen molar-refractivity contribution in [3.05, 3.63) is 118 Å².